The molecule has 0 bridgehead atoms. The number of rotatable bonds is 9. The minimum Gasteiger partial charge on any atom is -0.493 e. The predicted octanol–water partition coefficient (Wildman–Crippen LogP) is 5.99. The molecule has 1 aliphatic rings. The van der Waals surface area contributed by atoms with E-state index >= 15 is 0 Å². The molecule has 3 aromatic carbocycles. The number of allylic oxidation sites excluding steroid dienone is 1. The predicted molar refractivity (Wildman–Crippen MR) is 148 cm³/mol. The van der Waals surface area contributed by atoms with Crippen molar-refractivity contribution in [3.8, 4) is 11.5 Å². The lowest BCUT2D eigenvalue weighted by Gasteiger charge is -2.20. The van der Waals surface area contributed by atoms with Crippen molar-refractivity contribution in [1.29, 1.82) is 0 Å². The second kappa shape index (κ2) is 10.5. The number of hydrogen-bond acceptors (Lipinski definition) is 4. The third-order valence-electron chi connectivity index (χ3n) is 7.22. The number of aromatic nitrogens is 2. The molecule has 1 atom stereocenters. The van der Waals surface area contributed by atoms with Gasteiger partial charge in [0, 0.05) is 24.6 Å². The van der Waals surface area contributed by atoms with Gasteiger partial charge in [-0.3, -0.25) is 4.79 Å². The van der Waals surface area contributed by atoms with Gasteiger partial charge in [-0.25, -0.2) is 4.98 Å². The van der Waals surface area contributed by atoms with Crippen LogP contribution in [0.3, 0.4) is 0 Å². The van der Waals surface area contributed by atoms with Crippen LogP contribution in [0.15, 0.2) is 73.3 Å². The van der Waals surface area contributed by atoms with Crippen LogP contribution in [0.1, 0.15) is 34.9 Å². The second-order valence-corrected chi connectivity index (χ2v) is 9.56. The minimum absolute atomic E-state index is 0.00698. The maximum atomic E-state index is 13.1. The summed E-state index contributed by atoms with van der Waals surface area (Å²) in [7, 11) is 1.65. The normalized spacial score (nSPS) is 15.4. The maximum Gasteiger partial charge on any atom is 0.227 e. The number of fused-ring (bicyclic) bond motifs is 1. The van der Waals surface area contributed by atoms with Crippen LogP contribution in [0.2, 0.25) is 0 Å². The van der Waals surface area contributed by atoms with Gasteiger partial charge >= 0.3 is 0 Å². The van der Waals surface area contributed by atoms with Crippen molar-refractivity contribution in [3.05, 3.63) is 95.8 Å². The minimum atomic E-state index is 0.00698. The average Bonchev–Trinajstić information content (AvgIpc) is 3.47. The average molecular weight is 496 g/mol. The summed E-state index contributed by atoms with van der Waals surface area (Å²) in [5, 5.41) is 0. The molecule has 0 spiro atoms. The summed E-state index contributed by atoms with van der Waals surface area (Å²) in [5.74, 6) is 2.49. The standard InChI is InChI=1S/C31H33N3O3/c1-5-9-23-14-15-28(29(18-23)36-4)37-17-16-33-27-12-7-6-11-25(27)32-31(33)24-19-30(35)34(20-24)26-13-8-10-21(2)22(26)3/h5-8,10-15,18,24H,1,9,16-17,19-20H2,2-4H3. The van der Waals surface area contributed by atoms with Crippen LogP contribution in [0.25, 0.3) is 11.0 Å². The van der Waals surface area contributed by atoms with Crippen LogP contribution in [0, 0.1) is 13.8 Å². The monoisotopic (exact) mass is 495 g/mol. The lowest BCUT2D eigenvalue weighted by atomic mass is 10.1. The van der Waals surface area contributed by atoms with Gasteiger partial charge in [0.2, 0.25) is 5.91 Å². The van der Waals surface area contributed by atoms with Crippen molar-refractivity contribution in [2.24, 2.45) is 0 Å². The smallest absolute Gasteiger partial charge is 0.227 e. The first-order valence-electron chi connectivity index (χ1n) is 12.7. The molecule has 1 aliphatic heterocycles. The summed E-state index contributed by atoms with van der Waals surface area (Å²) < 4.78 is 13.9. The summed E-state index contributed by atoms with van der Waals surface area (Å²) in [6.07, 6.45) is 3.09. The van der Waals surface area contributed by atoms with E-state index in [0.717, 1.165) is 40.1 Å². The Labute approximate surface area is 218 Å². The van der Waals surface area contributed by atoms with Crippen molar-refractivity contribution in [3.63, 3.8) is 0 Å². The molecule has 1 aromatic heterocycles. The third-order valence-corrected chi connectivity index (χ3v) is 7.22. The third kappa shape index (κ3) is 4.84. The van der Waals surface area contributed by atoms with Gasteiger partial charge in [-0.15, -0.1) is 6.58 Å². The van der Waals surface area contributed by atoms with Crippen molar-refractivity contribution in [1.82, 2.24) is 9.55 Å². The van der Waals surface area contributed by atoms with E-state index in [4.69, 9.17) is 14.5 Å². The van der Waals surface area contributed by atoms with Gasteiger partial charge < -0.3 is 18.9 Å². The molecule has 1 fully saturated rings. The zero-order chi connectivity index (χ0) is 25.9. The molecular formula is C31H33N3O3. The molecule has 0 aliphatic carbocycles. The Morgan fingerprint density at radius 2 is 1.92 bits per heavy atom. The fraction of sp³-hybridized carbons (Fsp3) is 0.290. The van der Waals surface area contributed by atoms with E-state index in [2.05, 4.69) is 37.1 Å². The molecule has 6 heteroatoms. The van der Waals surface area contributed by atoms with Crippen LogP contribution in [0.5, 0.6) is 11.5 Å². The molecule has 0 radical (unpaired) electrons. The van der Waals surface area contributed by atoms with Gasteiger partial charge in [0.1, 0.15) is 12.4 Å². The van der Waals surface area contributed by atoms with E-state index in [1.807, 2.05) is 59.5 Å². The number of para-hydroxylation sites is 2. The van der Waals surface area contributed by atoms with Crippen molar-refractivity contribution in [2.45, 2.75) is 39.2 Å². The highest BCUT2D eigenvalue weighted by atomic mass is 16.5. The van der Waals surface area contributed by atoms with Gasteiger partial charge in [0.05, 0.1) is 24.7 Å². The van der Waals surface area contributed by atoms with Crippen molar-refractivity contribution >= 4 is 22.6 Å². The van der Waals surface area contributed by atoms with Gasteiger partial charge in [0.15, 0.2) is 11.5 Å². The highest BCUT2D eigenvalue weighted by Gasteiger charge is 2.35. The van der Waals surface area contributed by atoms with Crippen LogP contribution >= 0.6 is 0 Å². The number of benzene rings is 3. The molecule has 37 heavy (non-hydrogen) atoms. The summed E-state index contributed by atoms with van der Waals surface area (Å²) >= 11 is 0. The molecule has 190 valence electrons. The number of ether oxygens (including phenoxy) is 2. The highest BCUT2D eigenvalue weighted by molar-refractivity contribution is 5.97. The quantitative estimate of drug-likeness (QED) is 0.268. The lowest BCUT2D eigenvalue weighted by molar-refractivity contribution is -0.117. The Morgan fingerprint density at radius 1 is 1.08 bits per heavy atom. The molecule has 6 nitrogen and oxygen atoms in total. The Balaban J connectivity index is 1.39. The number of anilines is 1. The van der Waals surface area contributed by atoms with Crippen LogP contribution < -0.4 is 14.4 Å². The Kier molecular flexibility index (Phi) is 6.99. The van der Waals surface area contributed by atoms with E-state index in [0.29, 0.717) is 37.6 Å². The number of carbonyl (C=O) groups is 1. The molecule has 2 heterocycles. The summed E-state index contributed by atoms with van der Waals surface area (Å²) in [6.45, 7) is 9.65. The lowest BCUT2D eigenvalue weighted by Crippen LogP contribution is -2.25. The number of amides is 1. The first-order valence-corrected chi connectivity index (χ1v) is 12.7. The van der Waals surface area contributed by atoms with E-state index in [9.17, 15) is 4.79 Å². The first-order chi connectivity index (χ1) is 18.0. The molecule has 0 N–H and O–H groups in total. The molecule has 4 aromatic rings. The fourth-order valence-corrected chi connectivity index (χ4v) is 5.15. The summed E-state index contributed by atoms with van der Waals surface area (Å²) in [5.41, 5.74) is 6.43. The Hall–Kier alpha value is -4.06. The van der Waals surface area contributed by atoms with E-state index in [1.54, 1.807) is 7.11 Å². The number of hydrogen-bond donors (Lipinski definition) is 0. The first kappa shape index (κ1) is 24.6. The summed E-state index contributed by atoms with van der Waals surface area (Å²) in [6, 6.07) is 20.2. The topological polar surface area (TPSA) is 56.6 Å². The molecule has 0 saturated carbocycles. The van der Waals surface area contributed by atoms with Crippen molar-refractivity contribution in [2.75, 3.05) is 25.2 Å². The number of imidazole rings is 1. The van der Waals surface area contributed by atoms with Crippen LogP contribution in [-0.2, 0) is 17.8 Å². The van der Waals surface area contributed by atoms with E-state index in [1.165, 1.54) is 5.56 Å². The zero-order valence-corrected chi connectivity index (χ0v) is 21.7. The maximum absolute atomic E-state index is 13.1. The number of aryl methyl sites for hydroxylation is 1. The second-order valence-electron chi connectivity index (χ2n) is 9.56. The molecule has 1 unspecified atom stereocenters. The van der Waals surface area contributed by atoms with E-state index < -0.39 is 0 Å². The Bertz CT molecular complexity index is 1460. The zero-order valence-electron chi connectivity index (χ0n) is 21.7. The van der Waals surface area contributed by atoms with Crippen molar-refractivity contribution < 1.29 is 14.3 Å². The molecule has 5 rings (SSSR count). The van der Waals surface area contributed by atoms with Gasteiger partial charge in [0.25, 0.3) is 0 Å². The molecule has 1 amide bonds. The highest BCUT2D eigenvalue weighted by Crippen LogP contribution is 2.35. The number of methoxy groups -OCH3 is 1. The fourth-order valence-electron chi connectivity index (χ4n) is 5.15. The summed E-state index contributed by atoms with van der Waals surface area (Å²) in [4.78, 5) is 20.0. The van der Waals surface area contributed by atoms with Gasteiger partial charge in [-0.05, 0) is 67.3 Å². The van der Waals surface area contributed by atoms with Gasteiger partial charge in [-0.1, -0.05) is 36.4 Å². The van der Waals surface area contributed by atoms with Gasteiger partial charge in [-0.2, -0.15) is 0 Å². The number of nitrogens with zero attached hydrogens (tertiary/aromatic N) is 3. The Morgan fingerprint density at radius 3 is 2.73 bits per heavy atom. The van der Waals surface area contributed by atoms with E-state index in [-0.39, 0.29) is 11.8 Å². The molecule has 1 saturated heterocycles. The largest absolute Gasteiger partial charge is 0.493 e. The number of carbonyl (C=O) groups excluding carboxylic acids is 1. The van der Waals surface area contributed by atoms with Crippen LogP contribution in [0.4, 0.5) is 5.69 Å². The SMILES string of the molecule is C=CCc1ccc(OCCn2c(C3CC(=O)N(c4cccc(C)c4C)C3)nc3ccccc32)c(OC)c1. The molecular weight excluding hydrogens is 462 g/mol. The van der Waals surface area contributed by atoms with Crippen LogP contribution in [-0.4, -0.2) is 35.7 Å².